The largest absolute Gasteiger partial charge is 0.382 e. The van der Waals surface area contributed by atoms with Gasteiger partial charge in [-0.1, -0.05) is 254 Å². The molecule has 0 saturated carbocycles. The number of hydrogen-bond acceptors (Lipinski definition) is 22. The van der Waals surface area contributed by atoms with Crippen molar-refractivity contribution in [1.29, 1.82) is 0 Å². The Bertz CT molecular complexity index is 5400. The number of nitrogens with one attached hydrogen (secondary N) is 3. The summed E-state index contributed by atoms with van der Waals surface area (Å²) in [6.07, 6.45) is 8.14. The number of aryl methyl sites for hydroxylation is 3. The first-order valence-electron chi connectivity index (χ1n) is 45.8. The highest BCUT2D eigenvalue weighted by molar-refractivity contribution is 7.45. The molecule has 3 N–H and O–H groups in total. The number of methoxy groups -OCH3 is 1. The van der Waals surface area contributed by atoms with Crippen LogP contribution < -0.4 is 64.9 Å². The Hall–Kier alpha value is -7.34. The number of aromatic amines is 3. The molecule has 0 aliphatic carbocycles. The van der Waals surface area contributed by atoms with E-state index in [1.54, 1.807) is 40.3 Å². The van der Waals surface area contributed by atoms with Gasteiger partial charge in [-0.3, -0.25) is 43.0 Å². The minimum absolute atomic E-state index is 0.0335. The molecule has 6 aromatic carbocycles. The van der Waals surface area contributed by atoms with Gasteiger partial charge in [0.25, 0.3) is 42.3 Å². The number of ether oxygens (including phenoxy) is 7. The van der Waals surface area contributed by atoms with Gasteiger partial charge in [0.2, 0.25) is 0 Å². The van der Waals surface area contributed by atoms with Crippen LogP contribution in [-0.4, -0.2) is 210 Å². The van der Waals surface area contributed by atoms with Gasteiger partial charge in [-0.05, 0) is 96.7 Å². The van der Waals surface area contributed by atoms with Crippen LogP contribution in [0.25, 0.3) is 0 Å². The average molecular weight is 1870 g/mol. The molecule has 21 atom stereocenters. The third kappa shape index (κ3) is 17.8. The highest BCUT2D eigenvalue weighted by atomic mass is 31.2. The summed E-state index contributed by atoms with van der Waals surface area (Å²) in [5.41, 5.74) is -2.83. The number of H-pyrrole nitrogens is 3. The zero-order valence-electron chi connectivity index (χ0n) is 75.0. The standard InChI is InChI=1S/C33H44N3O7PSi.2C31H38N3O6PSi/c1-5-27-29(30(40-20-19-39-3)32(41-27)35-21-23(2)31(37)34-33(35)38)43-44-36-18-12-17-26(36)28(42-44)22-45(4,24-13-8-6-9-14-24)25-15-10-7-11-16-25;2*1-4-31-20-37-26(29(38-31)33-18-21(2)28(35)32-30(33)36)27(31)40-41-34-17-11-16-24(34)25(39-41)19-42(3,22-12-7-5-8-13-22)23-14-9-6-10-15-23/h6-11,13-16,21,26-30,32H,5,12,17-20,22H2,1-4H3,(H,34,37,38);2*5-10,12-15,18,24-27,29H,4,11,16-17,19-20H2,1-3H3,(H,32,35,36)/t26-,27+,28+,29?,30-,32+,44+;24-,25+,26+,27?,29-,31+,41+;24-,25+,26-,27?,29+,31-,41+/m010/s1. The number of nitrogens with zero attached hydrogens (tertiary/aromatic N) is 6. The van der Waals surface area contributed by atoms with Crippen LogP contribution in [0.1, 0.15) is 114 Å². The maximum absolute atomic E-state index is 12.9. The van der Waals surface area contributed by atoms with Crippen molar-refractivity contribution in [3.05, 3.63) is 280 Å². The third-order valence-corrected chi connectivity index (χ3v) is 47.6. The molecule has 20 rings (SSSR count). The molecule has 11 aliphatic rings. The molecule has 686 valence electrons. The molecule has 28 nitrogen and oxygen atoms in total. The molecule has 11 saturated heterocycles. The first-order valence-corrected chi connectivity index (χ1v) is 57.4. The molecule has 0 amide bonds. The summed E-state index contributed by atoms with van der Waals surface area (Å²) in [6.45, 7) is 22.9. The first-order chi connectivity index (χ1) is 62.5. The molecule has 34 heteroatoms. The van der Waals surface area contributed by atoms with E-state index in [2.05, 4.69) is 244 Å². The summed E-state index contributed by atoms with van der Waals surface area (Å²) in [5, 5.41) is 8.43. The normalized spacial score (nSPS) is 31.1. The van der Waals surface area contributed by atoms with E-state index in [-0.39, 0.29) is 42.7 Å². The van der Waals surface area contributed by atoms with Crippen molar-refractivity contribution in [2.24, 2.45) is 0 Å². The maximum atomic E-state index is 12.9. The predicted octanol–water partition coefficient (Wildman–Crippen LogP) is 10.1. The molecule has 9 aromatic rings. The molecule has 11 aliphatic heterocycles. The Kier molecular flexibility index (Phi) is 27.8. The van der Waals surface area contributed by atoms with E-state index in [9.17, 15) is 28.8 Å². The summed E-state index contributed by atoms with van der Waals surface area (Å²) in [6, 6.07) is 69.2. The summed E-state index contributed by atoms with van der Waals surface area (Å²) in [5.74, 6) is 0. The van der Waals surface area contributed by atoms with Crippen LogP contribution in [0, 0.1) is 20.8 Å². The van der Waals surface area contributed by atoms with Crippen LogP contribution in [0.3, 0.4) is 0 Å². The second-order valence-electron chi connectivity index (χ2n) is 36.8. The fourth-order valence-electron chi connectivity index (χ4n) is 21.5. The Morgan fingerprint density at radius 3 is 1.02 bits per heavy atom. The van der Waals surface area contributed by atoms with Crippen molar-refractivity contribution in [2.75, 3.05) is 53.2 Å². The van der Waals surface area contributed by atoms with Crippen molar-refractivity contribution in [1.82, 2.24) is 42.7 Å². The lowest BCUT2D eigenvalue weighted by molar-refractivity contribution is -0.175. The third-order valence-electron chi connectivity index (χ3n) is 29.0. The fraction of sp³-hybridized carbons (Fsp3) is 0.495. The van der Waals surface area contributed by atoms with Crippen LogP contribution >= 0.6 is 25.6 Å². The summed E-state index contributed by atoms with van der Waals surface area (Å²) in [4.78, 5) is 81.8. The number of benzene rings is 6. The van der Waals surface area contributed by atoms with E-state index in [1.165, 1.54) is 51.0 Å². The lowest BCUT2D eigenvalue weighted by Crippen LogP contribution is -2.58. The summed E-state index contributed by atoms with van der Waals surface area (Å²) >= 11 is 0. The molecule has 3 aromatic heterocycles. The first kappa shape index (κ1) is 92.1. The van der Waals surface area contributed by atoms with Gasteiger partial charge in [0, 0.05) is 80.2 Å². The Balaban J connectivity index is 0.000000131. The van der Waals surface area contributed by atoms with Crippen molar-refractivity contribution in [3.63, 3.8) is 0 Å². The minimum atomic E-state index is -2.15. The Morgan fingerprint density at radius 1 is 0.411 bits per heavy atom. The van der Waals surface area contributed by atoms with Crippen LogP contribution in [0.5, 0.6) is 0 Å². The molecule has 14 heterocycles. The van der Waals surface area contributed by atoms with Gasteiger partial charge < -0.3 is 60.3 Å². The molecular weight excluding hydrogens is 1750 g/mol. The number of aromatic nitrogens is 6. The quantitative estimate of drug-likeness (QED) is 0.0233. The van der Waals surface area contributed by atoms with Gasteiger partial charge in [-0.2, -0.15) is 0 Å². The monoisotopic (exact) mass is 1870 g/mol. The van der Waals surface area contributed by atoms with Gasteiger partial charge in [0.05, 0.1) is 50.8 Å². The van der Waals surface area contributed by atoms with Gasteiger partial charge in [-0.25, -0.2) is 28.4 Å². The number of hydrogen-bond donors (Lipinski definition) is 3. The lowest BCUT2D eigenvalue weighted by Gasteiger charge is -2.32. The van der Waals surface area contributed by atoms with Gasteiger partial charge in [0.1, 0.15) is 72.0 Å². The Labute approximate surface area is 758 Å². The Morgan fingerprint density at radius 2 is 0.721 bits per heavy atom. The summed E-state index contributed by atoms with van der Waals surface area (Å²) in [7, 11) is -8.84. The number of fused-ring (bicyclic) bond motifs is 7. The van der Waals surface area contributed by atoms with Gasteiger partial charge >= 0.3 is 17.1 Å². The zero-order valence-corrected chi connectivity index (χ0v) is 80.7. The van der Waals surface area contributed by atoms with Gasteiger partial charge in [0.15, 0.2) is 18.7 Å². The van der Waals surface area contributed by atoms with Crippen LogP contribution in [0.4, 0.5) is 0 Å². The molecular formula is C95H120N9O19P3Si3. The van der Waals surface area contributed by atoms with Gasteiger partial charge in [-0.15, -0.1) is 0 Å². The molecule has 0 radical (unpaired) electrons. The van der Waals surface area contributed by atoms with E-state index >= 15 is 0 Å². The molecule has 4 bridgehead atoms. The van der Waals surface area contributed by atoms with E-state index in [1.807, 2.05) is 6.92 Å². The minimum Gasteiger partial charge on any atom is -0.382 e. The predicted molar refractivity (Wildman–Crippen MR) is 505 cm³/mol. The number of rotatable bonds is 28. The van der Waals surface area contributed by atoms with Crippen LogP contribution in [0.2, 0.25) is 37.8 Å². The smallest absolute Gasteiger partial charge is 0.330 e. The highest BCUT2D eigenvalue weighted by Crippen LogP contribution is 2.64. The molecule has 3 unspecified atom stereocenters. The lowest BCUT2D eigenvalue weighted by atomic mass is 9.96. The average Bonchev–Trinajstić information content (AvgIpc) is 1.56. The zero-order chi connectivity index (χ0) is 89.7. The highest BCUT2D eigenvalue weighted by Gasteiger charge is 2.67. The second kappa shape index (κ2) is 38.9. The van der Waals surface area contributed by atoms with Crippen molar-refractivity contribution in [2.45, 2.75) is 246 Å². The molecule has 129 heavy (non-hydrogen) atoms. The van der Waals surface area contributed by atoms with Crippen LogP contribution in [-0.2, 0) is 60.3 Å². The van der Waals surface area contributed by atoms with E-state index in [4.69, 9.17) is 60.3 Å². The van der Waals surface area contributed by atoms with E-state index < -0.39 is 138 Å². The maximum Gasteiger partial charge on any atom is 0.330 e. The topological polar surface area (TPSA) is 294 Å². The van der Waals surface area contributed by atoms with Crippen molar-refractivity contribution in [3.8, 4) is 0 Å². The second-order valence-corrected chi connectivity index (χ2v) is 53.7. The molecule has 11 fully saturated rings. The van der Waals surface area contributed by atoms with Crippen molar-refractivity contribution < 1.29 is 60.3 Å². The fourth-order valence-corrected chi connectivity index (χ4v) is 39.5. The summed E-state index contributed by atoms with van der Waals surface area (Å²) < 4.78 is 96.8. The molecule has 0 spiro atoms. The van der Waals surface area contributed by atoms with Crippen LogP contribution in [0.15, 0.2) is 229 Å². The van der Waals surface area contributed by atoms with E-state index in [0.717, 1.165) is 76.3 Å². The van der Waals surface area contributed by atoms with E-state index in [0.29, 0.717) is 74.5 Å². The van der Waals surface area contributed by atoms with Crippen molar-refractivity contribution >= 4 is 80.9 Å². The SMILES string of the molecule is CC[C@H]1O[C@@H](n2cc(C)c(=O)[nH]c2=O)[C@@H](OCCOC)C1O[P@@]1O[C@H](C[Si](C)(c2ccccc2)c2ccccc2)[C@@H]2CCCN21.CC[C@]12CO[C@@H](C1O[P@@]1O[C@H](C[Si](C)(c3ccccc3)c3ccccc3)[C@@H]3CCCN31)[C@H](n1cc(C)c(=O)[nH]c1=O)O2.CC[C@]12CO[C@@H](C1O[P@]1O[C@@H](C[Si](C)(c3ccccc3)c3ccccc3)[C@H]3CCCN31)[C@H](n1cc(C)c(=O)[nH]c1=O)O2.